The number of phosphoric ester groups is 2. The molecule has 0 radical (unpaired) electrons. The monoisotopic (exact) mass is 1470 g/mol. The van der Waals surface area contributed by atoms with E-state index < -0.39 is 97.5 Å². The van der Waals surface area contributed by atoms with Gasteiger partial charge in [0.2, 0.25) is 0 Å². The lowest BCUT2D eigenvalue weighted by Crippen LogP contribution is -2.30. The number of hydrogen-bond donors (Lipinski definition) is 3. The van der Waals surface area contributed by atoms with Gasteiger partial charge in [-0.1, -0.05) is 375 Å². The van der Waals surface area contributed by atoms with Crippen molar-refractivity contribution in [3.8, 4) is 0 Å². The molecule has 0 aliphatic heterocycles. The largest absolute Gasteiger partial charge is 0.472 e. The van der Waals surface area contributed by atoms with E-state index in [4.69, 9.17) is 37.0 Å². The average molecular weight is 1470 g/mol. The third-order valence-corrected chi connectivity index (χ3v) is 20.9. The first-order valence-electron chi connectivity index (χ1n) is 42.0. The van der Waals surface area contributed by atoms with E-state index in [2.05, 4.69) is 41.5 Å². The van der Waals surface area contributed by atoms with Crippen molar-refractivity contribution in [3.63, 3.8) is 0 Å². The third-order valence-electron chi connectivity index (χ3n) is 19.0. The molecule has 2 unspecified atom stereocenters. The van der Waals surface area contributed by atoms with Gasteiger partial charge >= 0.3 is 39.5 Å². The van der Waals surface area contributed by atoms with Gasteiger partial charge in [0.25, 0.3) is 0 Å². The zero-order valence-electron chi connectivity index (χ0n) is 65.5. The van der Waals surface area contributed by atoms with Gasteiger partial charge < -0.3 is 33.8 Å². The summed E-state index contributed by atoms with van der Waals surface area (Å²) >= 11 is 0. The average Bonchev–Trinajstić information content (AvgIpc) is 0.924. The first kappa shape index (κ1) is 98.1. The summed E-state index contributed by atoms with van der Waals surface area (Å²) in [7, 11) is -9.92. The molecule has 17 nitrogen and oxygen atoms in total. The minimum absolute atomic E-state index is 0.108. The van der Waals surface area contributed by atoms with E-state index in [0.717, 1.165) is 102 Å². The van der Waals surface area contributed by atoms with E-state index in [9.17, 15) is 43.2 Å². The van der Waals surface area contributed by atoms with E-state index >= 15 is 0 Å². The van der Waals surface area contributed by atoms with E-state index in [1.807, 2.05) is 0 Å². The molecule has 0 spiro atoms. The molecule has 0 saturated heterocycles. The Morgan fingerprint density at radius 1 is 0.270 bits per heavy atom. The van der Waals surface area contributed by atoms with E-state index in [1.165, 1.54) is 244 Å². The summed E-state index contributed by atoms with van der Waals surface area (Å²) in [6.45, 7) is 9.64. The Morgan fingerprint density at radius 2 is 0.460 bits per heavy atom. The van der Waals surface area contributed by atoms with E-state index in [1.54, 1.807) is 0 Å². The van der Waals surface area contributed by atoms with Crippen LogP contribution in [0.1, 0.15) is 427 Å². The van der Waals surface area contributed by atoms with Gasteiger partial charge in [0.05, 0.1) is 26.4 Å². The van der Waals surface area contributed by atoms with Gasteiger partial charge in [-0.15, -0.1) is 0 Å². The highest BCUT2D eigenvalue weighted by Gasteiger charge is 2.30. The molecule has 0 aliphatic carbocycles. The van der Waals surface area contributed by atoms with Crippen LogP contribution in [0.5, 0.6) is 0 Å². The summed E-state index contributed by atoms with van der Waals surface area (Å²) in [5.74, 6) is -0.571. The Hall–Kier alpha value is -1.94. The molecule has 0 aromatic rings. The Bertz CT molecular complexity index is 1920. The Balaban J connectivity index is 5.26. The molecule has 5 atom stereocenters. The minimum atomic E-state index is -4.96. The molecular weight excluding hydrogens is 1310 g/mol. The number of esters is 4. The van der Waals surface area contributed by atoms with Crippen LogP contribution in [-0.4, -0.2) is 96.7 Å². The lowest BCUT2D eigenvalue weighted by Gasteiger charge is -2.21. The lowest BCUT2D eigenvalue weighted by atomic mass is 10.0. The van der Waals surface area contributed by atoms with Gasteiger partial charge in [0, 0.05) is 25.7 Å². The number of hydrogen-bond acceptors (Lipinski definition) is 15. The van der Waals surface area contributed by atoms with Crippen molar-refractivity contribution in [2.45, 2.75) is 445 Å². The van der Waals surface area contributed by atoms with Gasteiger partial charge in [-0.3, -0.25) is 37.3 Å². The molecule has 0 heterocycles. The number of unbranched alkanes of at least 4 members (excludes halogenated alkanes) is 50. The van der Waals surface area contributed by atoms with Gasteiger partial charge in [-0.25, -0.2) is 9.13 Å². The maximum absolute atomic E-state index is 13.1. The molecule has 0 amide bonds. The second-order valence-corrected chi connectivity index (χ2v) is 33.0. The predicted octanol–water partition coefficient (Wildman–Crippen LogP) is 24.3. The fourth-order valence-corrected chi connectivity index (χ4v) is 14.1. The zero-order valence-corrected chi connectivity index (χ0v) is 67.3. The van der Waals surface area contributed by atoms with Crippen molar-refractivity contribution in [2.24, 2.45) is 11.8 Å². The summed E-state index contributed by atoms with van der Waals surface area (Å²) < 4.78 is 68.8. The van der Waals surface area contributed by atoms with Crippen LogP contribution in [0, 0.1) is 11.8 Å². The molecule has 0 aliphatic rings. The standard InChI is InChI=1S/C81H158O17P2/c1-7-9-11-13-15-17-19-21-23-24-25-26-30-35-41-48-54-60-66-81(86)97-76(69-91-78(83)63-57-51-45-39-33-31-27-28-32-37-43-49-55-61-73(3)4)71-95-99(87,88)93-67-75(82)68-94-100(89,90)96-72-77(70-92-79(84)64-58-52-46-42-36-38-44-50-56-62-74(5)6)98-80(85)65-59-53-47-40-34-29-22-20-18-16-14-12-10-8-2/h73-77,82H,7-72H2,1-6H3,(H,87,88)(H,89,90)/t75-,76-,77-/m1/s1. The Kier molecular flexibility index (Phi) is 71.2. The number of phosphoric acid groups is 2. The number of carbonyl (C=O) groups is 4. The molecule has 0 rings (SSSR count). The minimum Gasteiger partial charge on any atom is -0.462 e. The number of aliphatic hydroxyl groups is 1. The van der Waals surface area contributed by atoms with Crippen molar-refractivity contribution in [1.82, 2.24) is 0 Å². The van der Waals surface area contributed by atoms with Crippen LogP contribution in [-0.2, 0) is 65.4 Å². The predicted molar refractivity (Wildman–Crippen MR) is 409 cm³/mol. The quantitative estimate of drug-likeness (QED) is 0.0222. The smallest absolute Gasteiger partial charge is 0.462 e. The molecule has 0 fully saturated rings. The molecule has 594 valence electrons. The highest BCUT2D eigenvalue weighted by Crippen LogP contribution is 2.45. The van der Waals surface area contributed by atoms with E-state index in [0.29, 0.717) is 25.7 Å². The van der Waals surface area contributed by atoms with Crippen LogP contribution in [0.15, 0.2) is 0 Å². The number of carbonyl (C=O) groups excluding carboxylic acids is 4. The maximum atomic E-state index is 13.1. The summed E-state index contributed by atoms with van der Waals surface area (Å²) in [5.41, 5.74) is 0. The van der Waals surface area contributed by atoms with Gasteiger partial charge in [-0.05, 0) is 37.5 Å². The van der Waals surface area contributed by atoms with Crippen LogP contribution in [0.3, 0.4) is 0 Å². The van der Waals surface area contributed by atoms with Crippen molar-refractivity contribution >= 4 is 39.5 Å². The molecule has 3 N–H and O–H groups in total. The molecule has 0 saturated carbocycles. The van der Waals surface area contributed by atoms with Crippen LogP contribution in [0.25, 0.3) is 0 Å². The van der Waals surface area contributed by atoms with Gasteiger partial charge in [-0.2, -0.15) is 0 Å². The number of rotatable bonds is 80. The molecule has 0 aromatic carbocycles. The van der Waals surface area contributed by atoms with Gasteiger partial charge in [0.1, 0.15) is 19.3 Å². The Morgan fingerprint density at radius 3 is 0.680 bits per heavy atom. The van der Waals surface area contributed by atoms with Crippen LogP contribution >= 0.6 is 15.6 Å². The zero-order chi connectivity index (χ0) is 73.5. The highest BCUT2D eigenvalue weighted by molar-refractivity contribution is 7.47. The summed E-state index contributed by atoms with van der Waals surface area (Å²) in [6, 6.07) is 0. The summed E-state index contributed by atoms with van der Waals surface area (Å²) in [5, 5.41) is 10.6. The normalized spacial score (nSPS) is 13.9. The summed E-state index contributed by atoms with van der Waals surface area (Å²) in [6.07, 6.45) is 62.3. The number of aliphatic hydroxyl groups excluding tert-OH is 1. The molecular formula is C81H158O17P2. The molecule has 0 bridgehead atoms. The fraction of sp³-hybridized carbons (Fsp3) is 0.951. The first-order chi connectivity index (χ1) is 48.4. The van der Waals surface area contributed by atoms with Crippen molar-refractivity contribution in [2.75, 3.05) is 39.6 Å². The first-order valence-corrected chi connectivity index (χ1v) is 45.0. The van der Waals surface area contributed by atoms with E-state index in [-0.39, 0.29) is 25.7 Å². The fourth-order valence-electron chi connectivity index (χ4n) is 12.5. The third kappa shape index (κ3) is 74.3. The second kappa shape index (κ2) is 72.6. The Labute approximate surface area is 613 Å². The van der Waals surface area contributed by atoms with Crippen LogP contribution in [0.4, 0.5) is 0 Å². The lowest BCUT2D eigenvalue weighted by molar-refractivity contribution is -0.161. The van der Waals surface area contributed by atoms with Crippen molar-refractivity contribution in [1.29, 1.82) is 0 Å². The molecule has 19 heteroatoms. The van der Waals surface area contributed by atoms with Crippen molar-refractivity contribution in [3.05, 3.63) is 0 Å². The summed E-state index contributed by atoms with van der Waals surface area (Å²) in [4.78, 5) is 73.1. The van der Waals surface area contributed by atoms with Crippen LogP contribution in [0.2, 0.25) is 0 Å². The van der Waals surface area contributed by atoms with Gasteiger partial charge in [0.15, 0.2) is 12.2 Å². The molecule has 100 heavy (non-hydrogen) atoms. The van der Waals surface area contributed by atoms with Crippen LogP contribution < -0.4 is 0 Å². The number of ether oxygens (including phenoxy) is 4. The highest BCUT2D eigenvalue weighted by atomic mass is 31.2. The SMILES string of the molecule is CCCCCCCCCCCCCCCCCCCCC(=O)O[C@H](COC(=O)CCCCCCCCCCCCCCCC(C)C)COP(=O)(O)OC[C@@H](O)COP(=O)(O)OC[C@@H](COC(=O)CCCCCCCCCCCC(C)C)OC(=O)CCCCCCCCCCCCCCCC. The second-order valence-electron chi connectivity index (χ2n) is 30.1. The van der Waals surface area contributed by atoms with Crippen molar-refractivity contribution < 1.29 is 80.2 Å². The maximum Gasteiger partial charge on any atom is 0.472 e. The molecule has 0 aromatic heterocycles. The topological polar surface area (TPSA) is 237 Å².